The standard InChI is InChI=1S/C32H32N4O8S2.2Na/c1-5-43-29-15-13-25(17-21(29)3)33-35-27-11-9-23(31(19-27)45(37,38)39)7-8-24-10-12-28(20-32(24)46(40,41)42)36-34-26-14-16-30(44-6-2)22(4)18-26;;/h7-20H,5-6H2,1-4H3,(H,37,38,39)(H,40,41,42);;/q;2*+1/p-2/b8-7+,35-33?,36-34?;;. The van der Waals surface area contributed by atoms with Crippen LogP contribution in [0.1, 0.15) is 36.1 Å². The minimum Gasteiger partial charge on any atom is -0.744 e. The Labute approximate surface area is 324 Å². The summed E-state index contributed by atoms with van der Waals surface area (Å²) in [6.07, 6.45) is 2.44. The zero-order valence-corrected chi connectivity index (χ0v) is 33.0. The summed E-state index contributed by atoms with van der Waals surface area (Å²) in [4.78, 5) is -1.21. The maximum absolute atomic E-state index is 12.1. The Bertz CT molecular complexity index is 1920. The molecule has 4 aromatic carbocycles. The molecular weight excluding hydrogens is 678 g/mol. The van der Waals surface area contributed by atoms with Crippen molar-refractivity contribution < 1.29 is 94.5 Å². The van der Waals surface area contributed by atoms with Crippen LogP contribution in [0.3, 0.4) is 0 Å². The van der Waals surface area contributed by atoms with Crippen molar-refractivity contribution in [3.63, 3.8) is 0 Å². The van der Waals surface area contributed by atoms with E-state index in [4.69, 9.17) is 9.47 Å². The number of aryl methyl sites for hydroxylation is 2. The van der Waals surface area contributed by atoms with E-state index in [2.05, 4.69) is 20.5 Å². The van der Waals surface area contributed by atoms with Crippen molar-refractivity contribution in [2.24, 2.45) is 20.5 Å². The molecular formula is C32H30N4Na2O8S2. The molecule has 0 heterocycles. The summed E-state index contributed by atoms with van der Waals surface area (Å²) < 4.78 is 83.7. The fourth-order valence-corrected chi connectivity index (χ4v) is 5.70. The van der Waals surface area contributed by atoms with Crippen molar-refractivity contribution in [1.29, 1.82) is 0 Å². The number of rotatable bonds is 12. The molecule has 0 radical (unpaired) electrons. The van der Waals surface area contributed by atoms with Crippen molar-refractivity contribution in [3.05, 3.63) is 95.1 Å². The number of nitrogens with zero attached hydrogens (tertiary/aromatic N) is 4. The van der Waals surface area contributed by atoms with Crippen molar-refractivity contribution in [3.8, 4) is 11.5 Å². The van der Waals surface area contributed by atoms with Gasteiger partial charge in [-0.15, -0.1) is 0 Å². The van der Waals surface area contributed by atoms with E-state index >= 15 is 0 Å². The third-order valence-corrected chi connectivity index (χ3v) is 8.24. The van der Waals surface area contributed by atoms with E-state index in [9.17, 15) is 25.9 Å². The third-order valence-electron chi connectivity index (χ3n) is 6.45. The fraction of sp³-hybridized carbons (Fsp3) is 0.188. The van der Waals surface area contributed by atoms with Gasteiger partial charge in [0.05, 0.1) is 45.8 Å². The molecule has 0 amide bonds. The van der Waals surface area contributed by atoms with E-state index in [1.807, 2.05) is 27.7 Å². The van der Waals surface area contributed by atoms with Crippen LogP contribution in [0, 0.1) is 13.8 Å². The second kappa shape index (κ2) is 18.3. The van der Waals surface area contributed by atoms with E-state index < -0.39 is 30.0 Å². The van der Waals surface area contributed by atoms with Crippen LogP contribution in [0.15, 0.2) is 103 Å². The first-order chi connectivity index (χ1) is 21.8. The molecule has 0 unspecified atom stereocenters. The molecule has 0 saturated carbocycles. The van der Waals surface area contributed by atoms with Gasteiger partial charge in [0.1, 0.15) is 31.7 Å². The Morgan fingerprint density at radius 2 is 0.875 bits per heavy atom. The second-order valence-corrected chi connectivity index (χ2v) is 12.5. The van der Waals surface area contributed by atoms with Gasteiger partial charge < -0.3 is 18.6 Å². The predicted octanol–water partition coefficient (Wildman–Crippen LogP) is 1.92. The SMILES string of the molecule is CCOc1ccc(N=Nc2ccc(/C=C/c3ccc(N=Nc4ccc(OCC)c(C)c4)cc3S(=O)(=O)[O-])c(S(=O)(=O)[O-])c2)cc1C.[Na+].[Na+]. The maximum atomic E-state index is 12.1. The number of ether oxygens (including phenoxy) is 2. The van der Waals surface area contributed by atoms with Gasteiger partial charge in [-0.3, -0.25) is 0 Å². The molecule has 12 nitrogen and oxygen atoms in total. The molecule has 0 atom stereocenters. The molecule has 0 saturated heterocycles. The Morgan fingerprint density at radius 1 is 0.562 bits per heavy atom. The van der Waals surface area contributed by atoms with Crippen molar-refractivity contribution >= 4 is 55.1 Å². The maximum Gasteiger partial charge on any atom is 1.00 e. The average molecular weight is 709 g/mol. The molecule has 4 aromatic rings. The number of hydrogen-bond donors (Lipinski definition) is 0. The first kappa shape index (κ1) is 41.4. The molecule has 0 aromatic heterocycles. The Hall–Kier alpha value is -2.76. The van der Waals surface area contributed by atoms with E-state index in [1.54, 1.807) is 36.4 Å². The predicted molar refractivity (Wildman–Crippen MR) is 171 cm³/mol. The first-order valence-electron chi connectivity index (χ1n) is 14.0. The molecule has 0 aliphatic heterocycles. The summed E-state index contributed by atoms with van der Waals surface area (Å²) in [5.74, 6) is 1.39. The van der Waals surface area contributed by atoms with Crippen LogP contribution in [0.5, 0.6) is 11.5 Å². The molecule has 0 fully saturated rings. The van der Waals surface area contributed by atoms with Gasteiger partial charge >= 0.3 is 59.1 Å². The van der Waals surface area contributed by atoms with Gasteiger partial charge in [-0.2, -0.15) is 20.5 Å². The van der Waals surface area contributed by atoms with Gasteiger partial charge in [-0.1, -0.05) is 24.3 Å². The molecule has 0 spiro atoms. The van der Waals surface area contributed by atoms with Crippen LogP contribution in [0.2, 0.25) is 0 Å². The quantitative estimate of drug-likeness (QED) is 0.0926. The number of hydrogen-bond acceptors (Lipinski definition) is 12. The van der Waals surface area contributed by atoms with Crippen LogP contribution < -0.4 is 68.6 Å². The molecule has 0 aliphatic rings. The van der Waals surface area contributed by atoms with Crippen molar-refractivity contribution in [2.45, 2.75) is 37.5 Å². The van der Waals surface area contributed by atoms with Gasteiger partial charge in [0.2, 0.25) is 0 Å². The van der Waals surface area contributed by atoms with E-state index in [0.717, 1.165) is 23.3 Å². The van der Waals surface area contributed by atoms with Gasteiger partial charge in [0.25, 0.3) is 0 Å². The van der Waals surface area contributed by atoms with Crippen LogP contribution in [-0.4, -0.2) is 39.2 Å². The fourth-order valence-electron chi connectivity index (χ4n) is 4.32. The van der Waals surface area contributed by atoms with Gasteiger partial charge in [-0.05, 0) is 111 Å². The molecule has 0 bridgehead atoms. The Kier molecular flexibility index (Phi) is 15.8. The normalized spacial score (nSPS) is 11.9. The Balaban J connectivity index is 0.00000400. The van der Waals surface area contributed by atoms with Crippen LogP contribution in [0.25, 0.3) is 12.2 Å². The van der Waals surface area contributed by atoms with Crippen molar-refractivity contribution in [1.82, 2.24) is 0 Å². The molecule has 16 heteroatoms. The summed E-state index contributed by atoms with van der Waals surface area (Å²) >= 11 is 0. The number of benzene rings is 4. The Morgan fingerprint density at radius 3 is 1.17 bits per heavy atom. The van der Waals surface area contributed by atoms with Gasteiger partial charge in [-0.25, -0.2) is 16.8 Å². The summed E-state index contributed by atoms with van der Waals surface area (Å²) in [6, 6.07) is 18.0. The summed E-state index contributed by atoms with van der Waals surface area (Å²) in [7, 11) is -9.97. The zero-order chi connectivity index (χ0) is 33.5. The minimum atomic E-state index is -4.98. The number of azo groups is 2. The van der Waals surface area contributed by atoms with Crippen LogP contribution in [-0.2, 0) is 20.2 Å². The summed E-state index contributed by atoms with van der Waals surface area (Å²) in [6.45, 7) is 8.44. The van der Waals surface area contributed by atoms with Crippen LogP contribution in [0.4, 0.5) is 22.7 Å². The van der Waals surface area contributed by atoms with Crippen LogP contribution >= 0.6 is 0 Å². The summed E-state index contributed by atoms with van der Waals surface area (Å²) in [5, 5.41) is 16.3. The molecule has 0 aliphatic carbocycles. The monoisotopic (exact) mass is 708 g/mol. The minimum absolute atomic E-state index is 0. The van der Waals surface area contributed by atoms with E-state index in [0.29, 0.717) is 36.1 Å². The first-order valence-corrected chi connectivity index (χ1v) is 16.8. The van der Waals surface area contributed by atoms with Crippen molar-refractivity contribution in [2.75, 3.05) is 13.2 Å². The molecule has 240 valence electrons. The third kappa shape index (κ3) is 11.4. The smallest absolute Gasteiger partial charge is 0.744 e. The van der Waals surface area contributed by atoms with E-state index in [1.165, 1.54) is 36.4 Å². The molecule has 0 N–H and O–H groups in total. The van der Waals surface area contributed by atoms with E-state index in [-0.39, 0.29) is 81.6 Å². The molecule has 4 rings (SSSR count). The van der Waals surface area contributed by atoms with Gasteiger partial charge in [0, 0.05) is 0 Å². The summed E-state index contributed by atoms with van der Waals surface area (Å²) in [5.41, 5.74) is 2.74. The average Bonchev–Trinajstić information content (AvgIpc) is 3.00. The topological polar surface area (TPSA) is 182 Å². The zero-order valence-electron chi connectivity index (χ0n) is 27.4. The second-order valence-electron chi connectivity index (χ2n) is 9.85. The largest absolute Gasteiger partial charge is 1.00 e. The van der Waals surface area contributed by atoms with Gasteiger partial charge in [0.15, 0.2) is 0 Å². The molecule has 48 heavy (non-hydrogen) atoms.